The van der Waals surface area contributed by atoms with Gasteiger partial charge in [0.1, 0.15) is 0 Å². The first kappa shape index (κ1) is 14.7. The normalized spacial score (nSPS) is 12.4. The molecule has 0 radical (unpaired) electrons. The summed E-state index contributed by atoms with van der Waals surface area (Å²) in [6, 6.07) is 5.28. The number of aryl methyl sites for hydroxylation is 1. The molecule has 0 spiro atoms. The van der Waals surface area contributed by atoms with Gasteiger partial charge in [0.15, 0.2) is 0 Å². The van der Waals surface area contributed by atoms with Crippen LogP contribution in [0.25, 0.3) is 0 Å². The fourth-order valence-corrected chi connectivity index (χ4v) is 4.20. The van der Waals surface area contributed by atoms with Gasteiger partial charge >= 0.3 is 0 Å². The molecule has 0 aliphatic heterocycles. The van der Waals surface area contributed by atoms with Gasteiger partial charge in [-0.15, -0.1) is 0 Å². The van der Waals surface area contributed by atoms with Gasteiger partial charge in [0.25, 0.3) is 0 Å². The second-order valence-electron chi connectivity index (χ2n) is 4.21. The van der Waals surface area contributed by atoms with Crippen LogP contribution in [0.2, 0.25) is 0 Å². The van der Waals surface area contributed by atoms with Crippen LogP contribution in [0.4, 0.5) is 0 Å². The Labute approximate surface area is 112 Å². The fraction of sp³-hybridized carbons (Fsp3) is 0.500. The van der Waals surface area contributed by atoms with Crippen molar-refractivity contribution in [2.24, 2.45) is 0 Å². The van der Waals surface area contributed by atoms with E-state index >= 15 is 0 Å². The largest absolute Gasteiger partial charge is 0.243 e. The summed E-state index contributed by atoms with van der Waals surface area (Å²) in [5.74, 6) is 0. The average molecular weight is 320 g/mol. The zero-order chi connectivity index (χ0) is 13.2. The van der Waals surface area contributed by atoms with Gasteiger partial charge in [-0.1, -0.05) is 28.9 Å². The second-order valence-corrected chi connectivity index (χ2v) is 6.99. The molecule has 0 N–H and O–H groups in total. The third kappa shape index (κ3) is 3.09. The van der Waals surface area contributed by atoms with Gasteiger partial charge < -0.3 is 0 Å². The van der Waals surface area contributed by atoms with Crippen molar-refractivity contribution in [3.05, 3.63) is 28.2 Å². The van der Waals surface area contributed by atoms with Crippen molar-refractivity contribution in [3.63, 3.8) is 0 Å². The van der Waals surface area contributed by atoms with E-state index in [1.165, 1.54) is 4.31 Å². The number of nitrogens with zero attached hydrogens (tertiary/aromatic N) is 1. The molecule has 96 valence electrons. The van der Waals surface area contributed by atoms with E-state index in [9.17, 15) is 8.42 Å². The fourth-order valence-electron chi connectivity index (χ4n) is 1.79. The van der Waals surface area contributed by atoms with Crippen LogP contribution in [0.15, 0.2) is 27.6 Å². The van der Waals surface area contributed by atoms with Crippen molar-refractivity contribution < 1.29 is 8.42 Å². The number of rotatable bonds is 4. The smallest absolute Gasteiger partial charge is 0.207 e. The number of sulfonamides is 1. The Morgan fingerprint density at radius 3 is 2.41 bits per heavy atom. The highest BCUT2D eigenvalue weighted by Gasteiger charge is 2.26. The molecule has 5 heteroatoms. The predicted molar refractivity (Wildman–Crippen MR) is 73.6 cm³/mol. The minimum Gasteiger partial charge on any atom is -0.207 e. The zero-order valence-corrected chi connectivity index (χ0v) is 13.0. The molecule has 0 fully saturated rings. The third-order valence-corrected chi connectivity index (χ3v) is 5.41. The molecule has 0 heterocycles. The number of benzene rings is 1. The maximum atomic E-state index is 12.5. The monoisotopic (exact) mass is 319 g/mol. The third-order valence-electron chi connectivity index (χ3n) is 2.62. The first-order valence-electron chi connectivity index (χ1n) is 5.58. The molecule has 1 rings (SSSR count). The van der Waals surface area contributed by atoms with Crippen LogP contribution in [-0.2, 0) is 10.0 Å². The Balaban J connectivity index is 3.35. The molecule has 0 amide bonds. The molecule has 17 heavy (non-hydrogen) atoms. The van der Waals surface area contributed by atoms with Gasteiger partial charge in [0.05, 0.1) is 4.90 Å². The highest BCUT2D eigenvalue weighted by atomic mass is 79.9. The van der Waals surface area contributed by atoms with Crippen molar-refractivity contribution in [2.75, 3.05) is 6.54 Å². The summed E-state index contributed by atoms with van der Waals surface area (Å²) in [5, 5.41) is 0. The molecule has 0 saturated heterocycles. The molecule has 0 unspecified atom stereocenters. The Morgan fingerprint density at radius 2 is 1.94 bits per heavy atom. The van der Waals surface area contributed by atoms with Crippen LogP contribution in [0.5, 0.6) is 0 Å². The van der Waals surface area contributed by atoms with Gasteiger partial charge in [0.2, 0.25) is 10.0 Å². The van der Waals surface area contributed by atoms with Crippen LogP contribution in [-0.4, -0.2) is 25.3 Å². The standard InChI is InChI=1S/C12H18BrNO2S/c1-5-14(9(2)3)17(15,16)12-8-11(13)7-6-10(12)4/h6-9H,5H2,1-4H3. The zero-order valence-electron chi connectivity index (χ0n) is 10.6. The topological polar surface area (TPSA) is 37.4 Å². The Hall–Kier alpha value is -0.390. The van der Waals surface area contributed by atoms with Crippen molar-refractivity contribution in [1.82, 2.24) is 4.31 Å². The Bertz CT molecular complexity index is 497. The lowest BCUT2D eigenvalue weighted by atomic mass is 10.2. The summed E-state index contributed by atoms with van der Waals surface area (Å²) in [6.07, 6.45) is 0. The van der Waals surface area contributed by atoms with Gasteiger partial charge in [0, 0.05) is 17.1 Å². The Morgan fingerprint density at radius 1 is 1.35 bits per heavy atom. The summed E-state index contributed by atoms with van der Waals surface area (Å²) in [7, 11) is -3.40. The van der Waals surface area contributed by atoms with Gasteiger partial charge in [-0.3, -0.25) is 0 Å². The van der Waals surface area contributed by atoms with E-state index in [1.54, 1.807) is 6.07 Å². The lowest BCUT2D eigenvalue weighted by Crippen LogP contribution is -2.37. The number of halogens is 1. The van der Waals surface area contributed by atoms with E-state index < -0.39 is 10.0 Å². The molecule has 1 aromatic carbocycles. The number of hydrogen-bond donors (Lipinski definition) is 0. The first-order chi connectivity index (χ1) is 7.80. The predicted octanol–water partition coefficient (Wildman–Crippen LogP) is 3.18. The SMILES string of the molecule is CCN(C(C)C)S(=O)(=O)c1cc(Br)ccc1C. The van der Waals surface area contributed by atoms with Crippen molar-refractivity contribution in [1.29, 1.82) is 0 Å². The lowest BCUT2D eigenvalue weighted by molar-refractivity contribution is 0.369. The molecule has 0 atom stereocenters. The lowest BCUT2D eigenvalue weighted by Gasteiger charge is -2.25. The maximum absolute atomic E-state index is 12.5. The van der Waals surface area contributed by atoms with Crippen LogP contribution in [0.3, 0.4) is 0 Å². The van der Waals surface area contributed by atoms with Crippen LogP contribution < -0.4 is 0 Å². The van der Waals surface area contributed by atoms with E-state index in [-0.39, 0.29) is 6.04 Å². The molecule has 0 aliphatic carbocycles. The molecule has 0 aliphatic rings. The summed E-state index contributed by atoms with van der Waals surface area (Å²) in [6.45, 7) is 7.91. The highest BCUT2D eigenvalue weighted by Crippen LogP contribution is 2.24. The van der Waals surface area contributed by atoms with Gasteiger partial charge in [-0.2, -0.15) is 4.31 Å². The summed E-state index contributed by atoms with van der Waals surface area (Å²) in [5.41, 5.74) is 0.771. The quantitative estimate of drug-likeness (QED) is 0.854. The number of hydrogen-bond acceptors (Lipinski definition) is 2. The van der Waals surface area contributed by atoms with Crippen LogP contribution in [0, 0.1) is 6.92 Å². The van der Waals surface area contributed by atoms with Crippen molar-refractivity contribution in [2.45, 2.75) is 38.6 Å². The molecular weight excluding hydrogens is 302 g/mol. The minimum absolute atomic E-state index is 0.0385. The first-order valence-corrected chi connectivity index (χ1v) is 7.82. The van der Waals surface area contributed by atoms with E-state index in [0.29, 0.717) is 11.4 Å². The summed E-state index contributed by atoms with van der Waals surface area (Å²) in [4.78, 5) is 0.377. The Kier molecular flexibility index (Phi) is 4.75. The average Bonchev–Trinajstić information content (AvgIpc) is 2.21. The molecule has 1 aromatic rings. The van der Waals surface area contributed by atoms with E-state index in [4.69, 9.17) is 0 Å². The van der Waals surface area contributed by atoms with Crippen LogP contribution >= 0.6 is 15.9 Å². The highest BCUT2D eigenvalue weighted by molar-refractivity contribution is 9.10. The second kappa shape index (κ2) is 5.50. The molecular formula is C12H18BrNO2S. The molecule has 3 nitrogen and oxygen atoms in total. The molecule has 0 saturated carbocycles. The van der Waals surface area contributed by atoms with E-state index in [0.717, 1.165) is 10.0 Å². The molecule has 0 aromatic heterocycles. The van der Waals surface area contributed by atoms with Crippen molar-refractivity contribution in [3.8, 4) is 0 Å². The van der Waals surface area contributed by atoms with Crippen molar-refractivity contribution >= 4 is 26.0 Å². The van der Waals surface area contributed by atoms with E-state index in [1.807, 2.05) is 39.8 Å². The van der Waals surface area contributed by atoms with E-state index in [2.05, 4.69) is 15.9 Å². The minimum atomic E-state index is -3.40. The van der Waals surface area contributed by atoms with Gasteiger partial charge in [-0.25, -0.2) is 8.42 Å². The maximum Gasteiger partial charge on any atom is 0.243 e. The molecule has 0 bridgehead atoms. The summed E-state index contributed by atoms with van der Waals surface area (Å²) < 4.78 is 27.2. The van der Waals surface area contributed by atoms with Crippen LogP contribution in [0.1, 0.15) is 26.3 Å². The summed E-state index contributed by atoms with van der Waals surface area (Å²) >= 11 is 3.31. The van der Waals surface area contributed by atoms with Gasteiger partial charge in [-0.05, 0) is 38.5 Å².